The van der Waals surface area contributed by atoms with Gasteiger partial charge < -0.3 is 15.5 Å². The number of amides is 1. The average molecular weight is 277 g/mol. The fourth-order valence-corrected chi connectivity index (χ4v) is 1.70. The van der Waals surface area contributed by atoms with Crippen LogP contribution in [0.3, 0.4) is 0 Å². The Balaban J connectivity index is 2.43. The van der Waals surface area contributed by atoms with Crippen LogP contribution in [0.2, 0.25) is 0 Å². The predicted octanol–water partition coefficient (Wildman–Crippen LogP) is -0.902. The molecule has 0 radical (unpaired) electrons. The van der Waals surface area contributed by atoms with Crippen LogP contribution in [-0.4, -0.2) is 44.9 Å². The highest BCUT2D eigenvalue weighted by Gasteiger charge is 2.22. The number of benzene rings is 1. The highest BCUT2D eigenvalue weighted by Crippen LogP contribution is 2.12. The number of nitrogens with one attached hydrogen (secondary N) is 2. The van der Waals surface area contributed by atoms with Crippen molar-refractivity contribution in [2.24, 2.45) is 0 Å². The van der Waals surface area contributed by atoms with E-state index >= 15 is 0 Å². The normalized spacial score (nSPS) is 12.1. The van der Waals surface area contributed by atoms with Gasteiger partial charge in [-0.1, -0.05) is 18.2 Å². The fourth-order valence-electron chi connectivity index (χ4n) is 1.70. The summed E-state index contributed by atoms with van der Waals surface area (Å²) in [5.74, 6) is -2.16. The van der Waals surface area contributed by atoms with E-state index in [0.29, 0.717) is 5.39 Å². The molecule has 0 saturated heterocycles. The molecule has 1 aromatic carbocycles. The van der Waals surface area contributed by atoms with Gasteiger partial charge in [-0.3, -0.25) is 9.59 Å². The Bertz CT molecular complexity index is 724. The summed E-state index contributed by atoms with van der Waals surface area (Å²) in [6.07, 6.45) is 0. The number of rotatable bonds is 4. The Labute approximate surface area is 112 Å². The van der Waals surface area contributed by atoms with E-state index in [9.17, 15) is 14.4 Å². The molecule has 2 aromatic rings. The third kappa shape index (κ3) is 2.50. The van der Waals surface area contributed by atoms with Crippen LogP contribution >= 0.6 is 0 Å². The summed E-state index contributed by atoms with van der Waals surface area (Å²) in [6, 6.07) is 4.87. The lowest BCUT2D eigenvalue weighted by Gasteiger charge is -2.11. The zero-order chi connectivity index (χ0) is 14.7. The first-order valence-electron chi connectivity index (χ1n) is 5.66. The van der Waals surface area contributed by atoms with Crippen LogP contribution in [0.25, 0.3) is 10.8 Å². The second-order valence-electron chi connectivity index (χ2n) is 3.99. The van der Waals surface area contributed by atoms with E-state index in [1.807, 2.05) is 0 Å². The summed E-state index contributed by atoms with van der Waals surface area (Å²) in [6.45, 7) is -0.748. The number of aromatic nitrogens is 2. The maximum Gasteiger partial charge on any atom is 0.328 e. The van der Waals surface area contributed by atoms with Crippen molar-refractivity contribution in [2.45, 2.75) is 6.04 Å². The molecule has 1 amide bonds. The van der Waals surface area contributed by atoms with Crippen LogP contribution in [0.15, 0.2) is 29.1 Å². The van der Waals surface area contributed by atoms with Gasteiger partial charge in [0.05, 0.1) is 12.0 Å². The lowest BCUT2D eigenvalue weighted by Crippen LogP contribution is -2.43. The van der Waals surface area contributed by atoms with Crippen LogP contribution < -0.4 is 10.9 Å². The molecule has 8 heteroatoms. The second kappa shape index (κ2) is 5.49. The molecule has 1 aromatic heterocycles. The summed E-state index contributed by atoms with van der Waals surface area (Å²) in [5, 5.41) is 26.1. The summed E-state index contributed by atoms with van der Waals surface area (Å²) in [5.41, 5.74) is -0.561. The predicted molar refractivity (Wildman–Crippen MR) is 68.3 cm³/mol. The van der Waals surface area contributed by atoms with E-state index in [-0.39, 0.29) is 11.1 Å². The van der Waals surface area contributed by atoms with Gasteiger partial charge in [-0.25, -0.2) is 9.89 Å². The van der Waals surface area contributed by atoms with E-state index in [1.54, 1.807) is 12.1 Å². The molecule has 0 spiro atoms. The van der Waals surface area contributed by atoms with Crippen LogP contribution in [0.4, 0.5) is 0 Å². The van der Waals surface area contributed by atoms with Crippen LogP contribution in [0, 0.1) is 0 Å². The summed E-state index contributed by atoms with van der Waals surface area (Å²) in [7, 11) is 0. The van der Waals surface area contributed by atoms with Gasteiger partial charge in [0.15, 0.2) is 11.7 Å². The molecule has 2 rings (SSSR count). The third-order valence-corrected chi connectivity index (χ3v) is 2.70. The Morgan fingerprint density at radius 2 is 1.95 bits per heavy atom. The molecule has 0 fully saturated rings. The number of fused-ring (bicyclic) bond motifs is 1. The molecule has 20 heavy (non-hydrogen) atoms. The van der Waals surface area contributed by atoms with Crippen molar-refractivity contribution in [2.75, 3.05) is 6.61 Å². The molecular weight excluding hydrogens is 266 g/mol. The number of carbonyl (C=O) groups is 2. The average Bonchev–Trinajstić information content (AvgIpc) is 2.45. The topological polar surface area (TPSA) is 132 Å². The van der Waals surface area contributed by atoms with Crippen molar-refractivity contribution in [3.05, 3.63) is 40.3 Å². The molecule has 104 valence electrons. The van der Waals surface area contributed by atoms with Gasteiger partial charge in [0.25, 0.3) is 11.5 Å². The number of H-pyrrole nitrogens is 1. The van der Waals surface area contributed by atoms with Gasteiger partial charge in [-0.05, 0) is 6.07 Å². The van der Waals surface area contributed by atoms with Gasteiger partial charge >= 0.3 is 5.97 Å². The number of aromatic amines is 1. The number of hydrogen-bond acceptors (Lipinski definition) is 5. The molecule has 0 aliphatic carbocycles. The number of aliphatic carboxylic acids is 1. The molecule has 0 bridgehead atoms. The molecule has 8 nitrogen and oxygen atoms in total. The first-order chi connectivity index (χ1) is 9.54. The number of aliphatic hydroxyl groups excluding tert-OH is 1. The van der Waals surface area contributed by atoms with Gasteiger partial charge in [-0.15, -0.1) is 0 Å². The van der Waals surface area contributed by atoms with E-state index in [4.69, 9.17) is 10.2 Å². The number of carbonyl (C=O) groups excluding carboxylic acids is 1. The Morgan fingerprint density at radius 1 is 1.30 bits per heavy atom. The highest BCUT2D eigenvalue weighted by molar-refractivity contribution is 6.05. The Morgan fingerprint density at radius 3 is 2.55 bits per heavy atom. The van der Waals surface area contributed by atoms with Gasteiger partial charge in [0, 0.05) is 5.39 Å². The first-order valence-corrected chi connectivity index (χ1v) is 5.66. The first kappa shape index (κ1) is 13.7. The maximum atomic E-state index is 12.0. The summed E-state index contributed by atoms with van der Waals surface area (Å²) >= 11 is 0. The zero-order valence-electron chi connectivity index (χ0n) is 10.2. The summed E-state index contributed by atoms with van der Waals surface area (Å²) < 4.78 is 0. The van der Waals surface area contributed by atoms with Crippen molar-refractivity contribution in [1.82, 2.24) is 15.5 Å². The molecule has 1 atom stereocenters. The standard InChI is InChI=1S/C12H11N3O5/c16-5-8(12(19)20)13-11(18)9-6-3-1-2-4-7(6)10(17)15-14-9/h1-4,8,16H,5H2,(H,13,18)(H,15,17)(H,19,20)/t8-/m0/s1. The SMILES string of the molecule is O=C(N[C@@H](CO)C(=O)O)c1n[nH]c(=O)c2ccccc12. The van der Waals surface area contributed by atoms with Crippen molar-refractivity contribution in [3.63, 3.8) is 0 Å². The smallest absolute Gasteiger partial charge is 0.328 e. The number of nitrogens with zero attached hydrogens (tertiary/aromatic N) is 1. The van der Waals surface area contributed by atoms with Crippen LogP contribution in [0.5, 0.6) is 0 Å². The zero-order valence-corrected chi connectivity index (χ0v) is 10.2. The van der Waals surface area contributed by atoms with Gasteiger partial charge in [0.1, 0.15) is 0 Å². The van der Waals surface area contributed by atoms with E-state index < -0.39 is 30.1 Å². The minimum atomic E-state index is -1.44. The lowest BCUT2D eigenvalue weighted by atomic mass is 10.1. The van der Waals surface area contributed by atoms with Crippen LogP contribution in [-0.2, 0) is 4.79 Å². The Hall–Kier alpha value is -2.74. The monoisotopic (exact) mass is 277 g/mol. The fraction of sp³-hybridized carbons (Fsp3) is 0.167. The highest BCUT2D eigenvalue weighted by atomic mass is 16.4. The molecule has 4 N–H and O–H groups in total. The largest absolute Gasteiger partial charge is 0.480 e. The number of carboxylic acids is 1. The maximum absolute atomic E-state index is 12.0. The van der Waals surface area contributed by atoms with Gasteiger partial charge in [0.2, 0.25) is 0 Å². The molecule has 0 aliphatic rings. The minimum Gasteiger partial charge on any atom is -0.480 e. The van der Waals surface area contributed by atoms with E-state index in [0.717, 1.165) is 0 Å². The number of aliphatic hydroxyl groups is 1. The molecular formula is C12H11N3O5. The molecule has 1 heterocycles. The Kier molecular flexibility index (Phi) is 3.76. The quantitative estimate of drug-likeness (QED) is 0.572. The molecule has 0 unspecified atom stereocenters. The minimum absolute atomic E-state index is 0.111. The third-order valence-electron chi connectivity index (χ3n) is 2.70. The summed E-state index contributed by atoms with van der Waals surface area (Å²) in [4.78, 5) is 34.3. The van der Waals surface area contributed by atoms with Crippen LogP contribution in [0.1, 0.15) is 10.5 Å². The number of hydrogen-bond donors (Lipinski definition) is 4. The molecule has 0 aliphatic heterocycles. The van der Waals surface area contributed by atoms with E-state index in [1.165, 1.54) is 12.1 Å². The van der Waals surface area contributed by atoms with Crippen molar-refractivity contribution in [1.29, 1.82) is 0 Å². The lowest BCUT2D eigenvalue weighted by molar-refractivity contribution is -0.140. The van der Waals surface area contributed by atoms with Crippen molar-refractivity contribution < 1.29 is 19.8 Å². The molecule has 0 saturated carbocycles. The van der Waals surface area contributed by atoms with Crippen molar-refractivity contribution in [3.8, 4) is 0 Å². The van der Waals surface area contributed by atoms with Gasteiger partial charge in [-0.2, -0.15) is 5.10 Å². The number of carboxylic acid groups (broad SMARTS) is 1. The van der Waals surface area contributed by atoms with E-state index in [2.05, 4.69) is 15.5 Å². The second-order valence-corrected chi connectivity index (χ2v) is 3.99. The van der Waals surface area contributed by atoms with Crippen molar-refractivity contribution >= 4 is 22.6 Å².